The van der Waals surface area contributed by atoms with Crippen LogP contribution in [0, 0.1) is 5.41 Å². The number of hydrogen-bond donors (Lipinski definition) is 3. The minimum atomic E-state index is -1.67. The van der Waals surface area contributed by atoms with E-state index in [1.165, 1.54) is 6.92 Å². The number of alkyl carbamates (subject to hydrolysis) is 2. The SMILES string of the molecule is C=CC(=O)OCCNC(=O)OCC(CC)(COC(=O)NCCOC(=O)C=C)C(=O)O. The molecule has 0 aromatic rings. The molecule has 168 valence electrons. The molecule has 12 nitrogen and oxygen atoms in total. The molecule has 0 radical (unpaired) electrons. The zero-order valence-corrected chi connectivity index (χ0v) is 16.6. The first-order chi connectivity index (χ1) is 14.2. The van der Waals surface area contributed by atoms with Gasteiger partial charge in [0.05, 0.1) is 13.1 Å². The van der Waals surface area contributed by atoms with Crippen molar-refractivity contribution in [3.8, 4) is 0 Å². The second kappa shape index (κ2) is 14.4. The van der Waals surface area contributed by atoms with Crippen LogP contribution in [0.25, 0.3) is 0 Å². The Morgan fingerprint density at radius 2 is 1.23 bits per heavy atom. The molecule has 0 atom stereocenters. The lowest BCUT2D eigenvalue weighted by atomic mass is 9.87. The van der Waals surface area contributed by atoms with E-state index in [2.05, 4.69) is 33.3 Å². The van der Waals surface area contributed by atoms with Crippen molar-refractivity contribution in [3.05, 3.63) is 25.3 Å². The fraction of sp³-hybridized carbons (Fsp3) is 0.500. The van der Waals surface area contributed by atoms with Crippen LogP contribution in [-0.4, -0.2) is 74.7 Å². The average Bonchev–Trinajstić information content (AvgIpc) is 2.73. The Bertz CT molecular complexity index is 603. The lowest BCUT2D eigenvalue weighted by molar-refractivity contribution is -0.155. The Labute approximate surface area is 173 Å². The second-order valence-corrected chi connectivity index (χ2v) is 5.69. The largest absolute Gasteiger partial charge is 0.481 e. The van der Waals surface area contributed by atoms with E-state index in [9.17, 15) is 29.1 Å². The minimum absolute atomic E-state index is 0.00319. The molecule has 0 aliphatic rings. The van der Waals surface area contributed by atoms with Gasteiger partial charge >= 0.3 is 30.1 Å². The van der Waals surface area contributed by atoms with E-state index in [1.807, 2.05) is 0 Å². The summed E-state index contributed by atoms with van der Waals surface area (Å²) in [6.45, 7) is 6.46. The highest BCUT2D eigenvalue weighted by molar-refractivity contribution is 5.81. The predicted octanol–water partition coefficient (Wildman–Crippen LogP) is 0.378. The van der Waals surface area contributed by atoms with Gasteiger partial charge in [0, 0.05) is 12.2 Å². The number of aliphatic carboxylic acids is 1. The molecule has 0 saturated carbocycles. The third-order valence-electron chi connectivity index (χ3n) is 3.65. The van der Waals surface area contributed by atoms with E-state index in [0.29, 0.717) is 0 Å². The highest BCUT2D eigenvalue weighted by Gasteiger charge is 2.40. The summed E-state index contributed by atoms with van der Waals surface area (Å²) in [6.07, 6.45) is 0.0567. The number of rotatable bonds is 14. The molecule has 12 heteroatoms. The number of hydrogen-bond acceptors (Lipinski definition) is 9. The molecule has 0 aromatic carbocycles. The summed E-state index contributed by atoms with van der Waals surface area (Å²) in [5.74, 6) is -2.64. The lowest BCUT2D eigenvalue weighted by Gasteiger charge is -2.27. The van der Waals surface area contributed by atoms with Gasteiger partial charge in [-0.3, -0.25) is 4.79 Å². The summed E-state index contributed by atoms with van der Waals surface area (Å²) in [5, 5.41) is 14.1. The Hall–Kier alpha value is -3.57. The minimum Gasteiger partial charge on any atom is -0.481 e. The zero-order valence-electron chi connectivity index (χ0n) is 16.6. The van der Waals surface area contributed by atoms with E-state index < -0.39 is 48.7 Å². The summed E-state index contributed by atoms with van der Waals surface area (Å²) >= 11 is 0. The summed E-state index contributed by atoms with van der Waals surface area (Å²) in [4.78, 5) is 56.7. The molecule has 0 fully saturated rings. The van der Waals surface area contributed by atoms with Crippen molar-refractivity contribution in [2.75, 3.05) is 39.5 Å². The summed E-state index contributed by atoms with van der Waals surface area (Å²) in [7, 11) is 0. The monoisotopic (exact) mass is 430 g/mol. The van der Waals surface area contributed by atoms with E-state index in [1.54, 1.807) is 0 Å². The van der Waals surface area contributed by atoms with Crippen molar-refractivity contribution in [2.45, 2.75) is 13.3 Å². The first-order valence-electron chi connectivity index (χ1n) is 8.83. The molecule has 2 amide bonds. The molecule has 30 heavy (non-hydrogen) atoms. The van der Waals surface area contributed by atoms with Crippen LogP contribution in [0.1, 0.15) is 13.3 Å². The second-order valence-electron chi connectivity index (χ2n) is 5.69. The van der Waals surface area contributed by atoms with Crippen molar-refractivity contribution < 1.29 is 48.0 Å². The van der Waals surface area contributed by atoms with Crippen molar-refractivity contribution >= 4 is 30.1 Å². The van der Waals surface area contributed by atoms with Gasteiger partial charge in [0.1, 0.15) is 31.8 Å². The molecule has 0 rings (SSSR count). The number of nitrogens with one attached hydrogen (secondary N) is 2. The van der Waals surface area contributed by atoms with Crippen molar-refractivity contribution in [2.24, 2.45) is 5.41 Å². The van der Waals surface area contributed by atoms with Gasteiger partial charge in [-0.2, -0.15) is 0 Å². The van der Waals surface area contributed by atoms with Gasteiger partial charge in [0.2, 0.25) is 0 Å². The third kappa shape index (κ3) is 10.7. The van der Waals surface area contributed by atoms with Crippen LogP contribution in [0.2, 0.25) is 0 Å². The Balaban J connectivity index is 4.44. The topological polar surface area (TPSA) is 167 Å². The Morgan fingerprint density at radius 1 is 0.833 bits per heavy atom. The molecule has 0 saturated heterocycles. The molecular formula is C18H26N2O10. The molecule has 0 unspecified atom stereocenters. The Kier molecular flexibility index (Phi) is 12.7. The van der Waals surface area contributed by atoms with Crippen molar-refractivity contribution in [1.82, 2.24) is 10.6 Å². The van der Waals surface area contributed by atoms with E-state index in [4.69, 9.17) is 9.47 Å². The maximum atomic E-state index is 11.7. The van der Waals surface area contributed by atoms with Crippen LogP contribution in [0.15, 0.2) is 25.3 Å². The standard InChI is InChI=1S/C18H26N2O10/c1-4-13(21)27-9-7-19-16(25)29-11-18(6-3,15(23)24)12-30-17(26)20-8-10-28-14(22)5-2/h4-5H,1-2,6-12H2,3H3,(H,19,25)(H,20,26)(H,23,24). The first-order valence-corrected chi connectivity index (χ1v) is 8.83. The van der Waals surface area contributed by atoms with Gasteiger partial charge in [-0.15, -0.1) is 0 Å². The smallest absolute Gasteiger partial charge is 0.407 e. The van der Waals surface area contributed by atoms with Crippen LogP contribution < -0.4 is 10.6 Å². The van der Waals surface area contributed by atoms with E-state index in [-0.39, 0.29) is 32.7 Å². The molecule has 0 bridgehead atoms. The van der Waals surface area contributed by atoms with Crippen LogP contribution >= 0.6 is 0 Å². The molecular weight excluding hydrogens is 404 g/mol. The van der Waals surface area contributed by atoms with Crippen LogP contribution in [0.4, 0.5) is 9.59 Å². The van der Waals surface area contributed by atoms with Gasteiger partial charge in [-0.05, 0) is 6.42 Å². The van der Waals surface area contributed by atoms with Gasteiger partial charge < -0.3 is 34.7 Å². The number of amides is 2. The summed E-state index contributed by atoms with van der Waals surface area (Å²) < 4.78 is 19.1. The van der Waals surface area contributed by atoms with Crippen molar-refractivity contribution in [1.29, 1.82) is 0 Å². The first kappa shape index (κ1) is 26.4. The Morgan fingerprint density at radius 3 is 1.53 bits per heavy atom. The molecule has 3 N–H and O–H groups in total. The fourth-order valence-electron chi connectivity index (χ4n) is 1.76. The number of carboxylic acid groups (broad SMARTS) is 1. The number of carbonyl (C=O) groups is 5. The van der Waals surface area contributed by atoms with Gasteiger partial charge in [0.15, 0.2) is 0 Å². The van der Waals surface area contributed by atoms with Crippen LogP contribution in [0.5, 0.6) is 0 Å². The summed E-state index contributed by atoms with van der Waals surface area (Å²) in [6, 6.07) is 0. The molecule has 0 aliphatic carbocycles. The number of ether oxygens (including phenoxy) is 4. The highest BCUT2D eigenvalue weighted by atomic mass is 16.6. The van der Waals surface area contributed by atoms with Gasteiger partial charge in [-0.1, -0.05) is 20.1 Å². The fourth-order valence-corrected chi connectivity index (χ4v) is 1.76. The van der Waals surface area contributed by atoms with Crippen LogP contribution in [-0.2, 0) is 33.3 Å². The number of carbonyl (C=O) groups excluding carboxylic acids is 4. The van der Waals surface area contributed by atoms with Crippen LogP contribution in [0.3, 0.4) is 0 Å². The molecule has 0 spiro atoms. The highest BCUT2D eigenvalue weighted by Crippen LogP contribution is 2.24. The number of carboxylic acids is 1. The number of esters is 2. The van der Waals surface area contributed by atoms with Crippen molar-refractivity contribution in [3.63, 3.8) is 0 Å². The van der Waals surface area contributed by atoms with Gasteiger partial charge in [0.25, 0.3) is 0 Å². The normalized spacial score (nSPS) is 10.2. The molecule has 0 aromatic heterocycles. The quantitative estimate of drug-likeness (QED) is 0.152. The lowest BCUT2D eigenvalue weighted by Crippen LogP contribution is -2.43. The van der Waals surface area contributed by atoms with Gasteiger partial charge in [-0.25, -0.2) is 19.2 Å². The third-order valence-corrected chi connectivity index (χ3v) is 3.65. The van der Waals surface area contributed by atoms with E-state index in [0.717, 1.165) is 12.2 Å². The molecule has 0 heterocycles. The van der Waals surface area contributed by atoms with E-state index >= 15 is 0 Å². The summed E-state index contributed by atoms with van der Waals surface area (Å²) in [5.41, 5.74) is -1.67. The maximum Gasteiger partial charge on any atom is 0.407 e. The maximum absolute atomic E-state index is 11.7. The zero-order chi connectivity index (χ0) is 23.0. The average molecular weight is 430 g/mol. The predicted molar refractivity (Wildman–Crippen MR) is 101 cm³/mol. The molecule has 0 aliphatic heterocycles.